The van der Waals surface area contributed by atoms with Crippen LogP contribution in [0.4, 0.5) is 0 Å². The lowest BCUT2D eigenvalue weighted by molar-refractivity contribution is 0.411. The van der Waals surface area contributed by atoms with Crippen LogP contribution in [-0.2, 0) is 5.41 Å². The molecule has 0 N–H and O–H groups in total. The smallest absolute Gasteiger partial charge is 0.200 e. The van der Waals surface area contributed by atoms with Crippen molar-refractivity contribution in [3.63, 3.8) is 0 Å². The number of aromatic nitrogens is 1. The Morgan fingerprint density at radius 2 is 1.47 bits per heavy atom. The highest BCUT2D eigenvalue weighted by Crippen LogP contribution is 2.25. The van der Waals surface area contributed by atoms with Crippen LogP contribution in [0.2, 0.25) is 0 Å². The fraction of sp³-hybridized carbons (Fsp3) is 0.533. The van der Waals surface area contributed by atoms with E-state index < -0.39 is 0 Å². The van der Waals surface area contributed by atoms with Crippen molar-refractivity contribution in [2.24, 2.45) is 0 Å². The minimum atomic E-state index is -0.0149. The van der Waals surface area contributed by atoms with Gasteiger partial charge in [-0.2, -0.15) is 0 Å². The average Bonchev–Trinajstić information content (AvgIpc) is 2.78. The summed E-state index contributed by atoms with van der Waals surface area (Å²) in [6.07, 6.45) is 0. The van der Waals surface area contributed by atoms with E-state index in [0.29, 0.717) is 0 Å². The summed E-state index contributed by atoms with van der Waals surface area (Å²) in [5.74, 6) is 0.800. The maximum absolute atomic E-state index is 5.62. The Hall–Kier alpha value is -1.31. The third-order valence-electron chi connectivity index (χ3n) is 1.94. The molecule has 0 unspecified atom stereocenters. The van der Waals surface area contributed by atoms with E-state index in [0.717, 1.165) is 17.0 Å². The maximum Gasteiger partial charge on any atom is 0.200 e. The van der Waals surface area contributed by atoms with Gasteiger partial charge in [-0.25, -0.2) is 4.98 Å². The van der Waals surface area contributed by atoms with E-state index in [2.05, 4.69) is 25.8 Å². The molecule has 0 spiro atoms. The molecule has 2 nitrogen and oxygen atoms in total. The molecule has 17 heavy (non-hydrogen) atoms. The van der Waals surface area contributed by atoms with Crippen LogP contribution in [0.15, 0.2) is 28.7 Å². The quantitative estimate of drug-likeness (QED) is 0.629. The number of hydrogen-bond donors (Lipinski definition) is 0. The zero-order chi connectivity index (χ0) is 13.5. The van der Waals surface area contributed by atoms with Crippen LogP contribution >= 0.6 is 0 Å². The van der Waals surface area contributed by atoms with Crippen molar-refractivity contribution in [3.05, 3.63) is 30.2 Å². The second-order valence-corrected chi connectivity index (χ2v) is 4.24. The number of benzene rings is 1. The van der Waals surface area contributed by atoms with Gasteiger partial charge in [-0.05, 0) is 12.1 Å². The molecule has 0 fully saturated rings. The first kappa shape index (κ1) is 15.7. The molecular formula is C15H25NO. The molecule has 1 aromatic heterocycles. The lowest BCUT2D eigenvalue weighted by atomic mass is 9.97. The topological polar surface area (TPSA) is 26.0 Å². The van der Waals surface area contributed by atoms with Gasteiger partial charge in [0.15, 0.2) is 5.58 Å². The molecule has 0 aliphatic carbocycles. The first-order valence-electron chi connectivity index (χ1n) is 6.43. The molecule has 96 valence electrons. The molecule has 2 aromatic rings. The lowest BCUT2D eigenvalue weighted by Crippen LogP contribution is -2.10. The van der Waals surface area contributed by atoms with Crippen LogP contribution in [0.3, 0.4) is 0 Å². The second-order valence-electron chi connectivity index (χ2n) is 4.24. The summed E-state index contributed by atoms with van der Waals surface area (Å²) in [4.78, 5) is 4.42. The first-order valence-corrected chi connectivity index (χ1v) is 6.43. The highest BCUT2D eigenvalue weighted by Gasteiger charge is 2.20. The summed E-state index contributed by atoms with van der Waals surface area (Å²) in [6, 6.07) is 7.84. The number of para-hydroxylation sites is 2. The van der Waals surface area contributed by atoms with Crippen molar-refractivity contribution in [1.29, 1.82) is 0 Å². The van der Waals surface area contributed by atoms with Crippen LogP contribution < -0.4 is 0 Å². The fourth-order valence-electron chi connectivity index (χ4n) is 1.19. The van der Waals surface area contributed by atoms with E-state index in [1.54, 1.807) is 0 Å². The highest BCUT2D eigenvalue weighted by molar-refractivity contribution is 5.72. The Morgan fingerprint density at radius 3 is 1.94 bits per heavy atom. The fourth-order valence-corrected chi connectivity index (χ4v) is 1.19. The molecule has 0 amide bonds. The van der Waals surface area contributed by atoms with E-state index in [9.17, 15) is 0 Å². The third-order valence-corrected chi connectivity index (χ3v) is 1.94. The molecule has 2 heteroatoms. The molecule has 1 heterocycles. The van der Waals surface area contributed by atoms with Crippen molar-refractivity contribution in [2.45, 2.75) is 53.9 Å². The molecule has 0 bridgehead atoms. The number of rotatable bonds is 0. The van der Waals surface area contributed by atoms with Crippen molar-refractivity contribution >= 4 is 11.1 Å². The normalized spacial score (nSPS) is 10.1. The second kappa shape index (κ2) is 7.10. The molecule has 0 saturated carbocycles. The highest BCUT2D eigenvalue weighted by atomic mass is 16.3. The van der Waals surface area contributed by atoms with Crippen LogP contribution in [0.1, 0.15) is 54.4 Å². The summed E-state index contributed by atoms with van der Waals surface area (Å²) in [5.41, 5.74) is 1.79. The van der Waals surface area contributed by atoms with Gasteiger partial charge in [-0.15, -0.1) is 0 Å². The van der Waals surface area contributed by atoms with Crippen molar-refractivity contribution in [1.82, 2.24) is 4.98 Å². The summed E-state index contributed by atoms with van der Waals surface area (Å²) < 4.78 is 5.62. The molecule has 0 atom stereocenters. The third kappa shape index (κ3) is 4.22. The van der Waals surface area contributed by atoms with Gasteiger partial charge in [-0.1, -0.05) is 60.6 Å². The van der Waals surface area contributed by atoms with Crippen LogP contribution in [-0.4, -0.2) is 4.98 Å². The zero-order valence-electron chi connectivity index (χ0n) is 12.2. The van der Waals surface area contributed by atoms with Gasteiger partial charge in [0.25, 0.3) is 0 Å². The van der Waals surface area contributed by atoms with E-state index in [-0.39, 0.29) is 5.41 Å². The number of nitrogens with zero attached hydrogens (tertiary/aromatic N) is 1. The molecule has 0 radical (unpaired) electrons. The molecule has 0 saturated heterocycles. The van der Waals surface area contributed by atoms with Gasteiger partial charge < -0.3 is 4.42 Å². The minimum Gasteiger partial charge on any atom is -0.440 e. The number of oxazole rings is 1. The molecule has 1 aromatic carbocycles. The van der Waals surface area contributed by atoms with Crippen molar-refractivity contribution in [2.75, 3.05) is 0 Å². The Labute approximate surface area is 105 Å². The summed E-state index contributed by atoms with van der Waals surface area (Å²) >= 11 is 0. The van der Waals surface area contributed by atoms with E-state index in [1.165, 1.54) is 0 Å². The SMILES string of the molecule is CC.CC.CC(C)(C)c1nc2ccccc2o1. The van der Waals surface area contributed by atoms with Gasteiger partial charge >= 0.3 is 0 Å². The Kier molecular flexibility index (Phi) is 6.55. The predicted octanol–water partition coefficient (Wildman–Crippen LogP) is 5.18. The average molecular weight is 235 g/mol. The van der Waals surface area contributed by atoms with Crippen molar-refractivity contribution < 1.29 is 4.42 Å². The molecule has 2 rings (SSSR count). The van der Waals surface area contributed by atoms with E-state index in [1.807, 2.05) is 52.0 Å². The van der Waals surface area contributed by atoms with E-state index >= 15 is 0 Å². The predicted molar refractivity (Wildman–Crippen MR) is 75.4 cm³/mol. The Morgan fingerprint density at radius 1 is 0.941 bits per heavy atom. The van der Waals surface area contributed by atoms with Crippen molar-refractivity contribution in [3.8, 4) is 0 Å². The monoisotopic (exact) mass is 235 g/mol. The van der Waals surface area contributed by atoms with Crippen LogP contribution in [0.5, 0.6) is 0 Å². The van der Waals surface area contributed by atoms with Gasteiger partial charge in [0.2, 0.25) is 5.89 Å². The first-order chi connectivity index (χ1) is 8.07. The molecular weight excluding hydrogens is 210 g/mol. The molecule has 0 aliphatic rings. The van der Waals surface area contributed by atoms with Gasteiger partial charge in [0, 0.05) is 5.41 Å². The number of hydrogen-bond acceptors (Lipinski definition) is 2. The summed E-state index contributed by atoms with van der Waals surface area (Å²) in [6.45, 7) is 14.3. The van der Waals surface area contributed by atoms with Gasteiger partial charge in [0.05, 0.1) is 0 Å². The van der Waals surface area contributed by atoms with Gasteiger partial charge in [-0.3, -0.25) is 0 Å². The van der Waals surface area contributed by atoms with E-state index in [4.69, 9.17) is 4.42 Å². The minimum absolute atomic E-state index is 0.0149. The Balaban J connectivity index is 0.000000581. The van der Waals surface area contributed by atoms with Crippen LogP contribution in [0.25, 0.3) is 11.1 Å². The summed E-state index contributed by atoms with van der Waals surface area (Å²) in [5, 5.41) is 0. The standard InChI is InChI=1S/C11H13NO.2C2H6/c1-11(2,3)10-12-8-6-4-5-7-9(8)13-10;2*1-2/h4-7H,1-3H3;2*1-2H3. The summed E-state index contributed by atoms with van der Waals surface area (Å²) in [7, 11) is 0. The zero-order valence-corrected chi connectivity index (χ0v) is 12.2. The van der Waals surface area contributed by atoms with Gasteiger partial charge in [0.1, 0.15) is 5.52 Å². The number of fused-ring (bicyclic) bond motifs is 1. The molecule has 0 aliphatic heterocycles. The van der Waals surface area contributed by atoms with Crippen LogP contribution in [0, 0.1) is 0 Å². The Bertz CT molecular complexity index is 391. The largest absolute Gasteiger partial charge is 0.440 e. The maximum atomic E-state index is 5.62. The lowest BCUT2D eigenvalue weighted by Gasteiger charge is -2.11.